The molecule has 0 unspecified atom stereocenters. The van der Waals surface area contributed by atoms with Crippen molar-refractivity contribution < 1.29 is 0 Å². The molecule has 0 N–H and O–H groups in total. The first-order chi connectivity index (χ1) is 6.18. The molecule has 0 radical (unpaired) electrons. The summed E-state index contributed by atoms with van der Waals surface area (Å²) in [6.07, 6.45) is 3.70. The molecule has 0 atom stereocenters. The lowest BCUT2D eigenvalue weighted by Gasteiger charge is -2.02. The van der Waals surface area contributed by atoms with Crippen LogP contribution in [-0.4, -0.2) is 15.0 Å². The van der Waals surface area contributed by atoms with Crippen molar-refractivity contribution in [3.05, 3.63) is 11.9 Å². The molecule has 0 saturated heterocycles. The van der Waals surface area contributed by atoms with Crippen molar-refractivity contribution >= 4 is 0 Å². The zero-order chi connectivity index (χ0) is 9.47. The Hall–Kier alpha value is -1.37. The van der Waals surface area contributed by atoms with Gasteiger partial charge in [-0.3, -0.25) is 0 Å². The molecule has 1 fully saturated rings. The maximum atomic E-state index is 8.92. The highest BCUT2D eigenvalue weighted by Crippen LogP contribution is 2.42. The molecule has 0 spiro atoms. The minimum atomic E-state index is -0.361. The van der Waals surface area contributed by atoms with Gasteiger partial charge in [-0.25, -0.2) is 4.68 Å². The van der Waals surface area contributed by atoms with Crippen molar-refractivity contribution in [3.63, 3.8) is 0 Å². The quantitative estimate of drug-likeness (QED) is 0.684. The van der Waals surface area contributed by atoms with Gasteiger partial charge in [0.15, 0.2) is 5.54 Å². The van der Waals surface area contributed by atoms with Gasteiger partial charge in [0.1, 0.15) is 0 Å². The molecule has 1 saturated carbocycles. The first kappa shape index (κ1) is 8.24. The molecule has 1 aromatic rings. The van der Waals surface area contributed by atoms with E-state index in [0.29, 0.717) is 5.92 Å². The molecule has 1 aliphatic rings. The van der Waals surface area contributed by atoms with Crippen LogP contribution in [0.2, 0.25) is 0 Å². The molecular formula is C9H12N4. The molecule has 0 aliphatic heterocycles. The Kier molecular flexibility index (Phi) is 1.62. The fourth-order valence-corrected chi connectivity index (χ4v) is 1.26. The summed E-state index contributed by atoms with van der Waals surface area (Å²) in [6, 6.07) is 2.28. The maximum Gasteiger partial charge on any atom is 0.150 e. The molecule has 1 heterocycles. The lowest BCUT2D eigenvalue weighted by molar-refractivity contribution is 0.516. The molecular weight excluding hydrogens is 164 g/mol. The summed E-state index contributed by atoms with van der Waals surface area (Å²) in [4.78, 5) is 0. The van der Waals surface area contributed by atoms with E-state index < -0.39 is 0 Å². The monoisotopic (exact) mass is 176 g/mol. The summed E-state index contributed by atoms with van der Waals surface area (Å²) in [5, 5.41) is 16.9. The van der Waals surface area contributed by atoms with E-state index in [4.69, 9.17) is 5.26 Å². The summed E-state index contributed by atoms with van der Waals surface area (Å²) in [5.74, 6) is 0.378. The second-order valence-electron chi connectivity index (χ2n) is 3.89. The van der Waals surface area contributed by atoms with Gasteiger partial charge in [0.2, 0.25) is 0 Å². The standard InChI is InChI=1S/C9H12N4/c1-7(2)8-5-13(12-11-8)9(6-10)3-4-9/h5,7H,3-4H2,1-2H3. The molecule has 4 nitrogen and oxygen atoms in total. The molecule has 68 valence electrons. The van der Waals surface area contributed by atoms with Crippen molar-refractivity contribution in [2.45, 2.75) is 38.1 Å². The van der Waals surface area contributed by atoms with Crippen molar-refractivity contribution in [3.8, 4) is 6.07 Å². The molecule has 1 aliphatic carbocycles. The normalized spacial score (nSPS) is 18.6. The molecule has 1 aromatic heterocycles. The van der Waals surface area contributed by atoms with E-state index in [1.54, 1.807) is 4.68 Å². The van der Waals surface area contributed by atoms with E-state index in [0.717, 1.165) is 18.5 Å². The zero-order valence-electron chi connectivity index (χ0n) is 7.86. The Labute approximate surface area is 77.2 Å². The maximum absolute atomic E-state index is 8.92. The first-order valence-electron chi connectivity index (χ1n) is 4.52. The van der Waals surface area contributed by atoms with E-state index in [1.807, 2.05) is 6.20 Å². The summed E-state index contributed by atoms with van der Waals surface area (Å²) in [7, 11) is 0. The summed E-state index contributed by atoms with van der Waals surface area (Å²) in [6.45, 7) is 4.14. The molecule has 4 heteroatoms. The van der Waals surface area contributed by atoms with E-state index >= 15 is 0 Å². The van der Waals surface area contributed by atoms with Gasteiger partial charge in [-0.1, -0.05) is 19.1 Å². The Morgan fingerprint density at radius 1 is 1.62 bits per heavy atom. The van der Waals surface area contributed by atoms with Crippen LogP contribution in [0.4, 0.5) is 0 Å². The third kappa shape index (κ3) is 1.21. The topological polar surface area (TPSA) is 54.5 Å². The Morgan fingerprint density at radius 2 is 2.31 bits per heavy atom. The van der Waals surface area contributed by atoms with Gasteiger partial charge in [0.05, 0.1) is 18.0 Å². The summed E-state index contributed by atoms with van der Waals surface area (Å²) in [5.41, 5.74) is 0.599. The fourth-order valence-electron chi connectivity index (χ4n) is 1.26. The van der Waals surface area contributed by atoms with Crippen LogP contribution in [0.25, 0.3) is 0 Å². The second kappa shape index (κ2) is 2.56. The number of nitrogens with zero attached hydrogens (tertiary/aromatic N) is 4. The lowest BCUT2D eigenvalue weighted by atomic mass is 10.1. The number of hydrogen-bond acceptors (Lipinski definition) is 3. The average molecular weight is 176 g/mol. The number of nitriles is 1. The van der Waals surface area contributed by atoms with E-state index in [-0.39, 0.29) is 5.54 Å². The summed E-state index contributed by atoms with van der Waals surface area (Å²) >= 11 is 0. The number of aromatic nitrogens is 3. The van der Waals surface area contributed by atoms with Gasteiger partial charge in [-0.05, 0) is 18.8 Å². The van der Waals surface area contributed by atoms with Gasteiger partial charge in [0, 0.05) is 0 Å². The van der Waals surface area contributed by atoms with Gasteiger partial charge in [-0.15, -0.1) is 5.10 Å². The number of hydrogen-bond donors (Lipinski definition) is 0. The second-order valence-corrected chi connectivity index (χ2v) is 3.89. The Bertz CT molecular complexity index is 354. The van der Waals surface area contributed by atoms with Gasteiger partial charge in [-0.2, -0.15) is 5.26 Å². The lowest BCUT2D eigenvalue weighted by Crippen LogP contribution is -2.14. The first-order valence-corrected chi connectivity index (χ1v) is 4.52. The minimum Gasteiger partial charge on any atom is -0.232 e. The Balaban J connectivity index is 2.29. The van der Waals surface area contributed by atoms with E-state index in [1.165, 1.54) is 0 Å². The van der Waals surface area contributed by atoms with Gasteiger partial charge < -0.3 is 0 Å². The zero-order valence-corrected chi connectivity index (χ0v) is 7.86. The Morgan fingerprint density at radius 3 is 2.69 bits per heavy atom. The molecule has 0 bridgehead atoms. The van der Waals surface area contributed by atoms with Crippen LogP contribution in [0.5, 0.6) is 0 Å². The molecule has 2 rings (SSSR count). The predicted molar refractivity (Wildman–Crippen MR) is 46.9 cm³/mol. The van der Waals surface area contributed by atoms with Crippen LogP contribution in [0.3, 0.4) is 0 Å². The van der Waals surface area contributed by atoms with E-state index in [9.17, 15) is 0 Å². The highest BCUT2D eigenvalue weighted by atomic mass is 15.5. The SMILES string of the molecule is CC(C)c1cn(C2(C#N)CC2)nn1. The van der Waals surface area contributed by atoms with Crippen LogP contribution in [-0.2, 0) is 5.54 Å². The molecule has 0 amide bonds. The fraction of sp³-hybridized carbons (Fsp3) is 0.667. The van der Waals surface area contributed by atoms with Gasteiger partial charge in [0.25, 0.3) is 0 Å². The highest BCUT2D eigenvalue weighted by molar-refractivity contribution is 5.16. The van der Waals surface area contributed by atoms with Crippen molar-refractivity contribution in [1.29, 1.82) is 5.26 Å². The van der Waals surface area contributed by atoms with Crippen LogP contribution >= 0.6 is 0 Å². The number of rotatable bonds is 2. The van der Waals surface area contributed by atoms with Gasteiger partial charge >= 0.3 is 0 Å². The van der Waals surface area contributed by atoms with Crippen molar-refractivity contribution in [2.24, 2.45) is 0 Å². The third-order valence-corrected chi connectivity index (χ3v) is 2.47. The average Bonchev–Trinajstić information content (AvgIpc) is 2.75. The van der Waals surface area contributed by atoms with E-state index in [2.05, 4.69) is 30.2 Å². The largest absolute Gasteiger partial charge is 0.232 e. The van der Waals surface area contributed by atoms with Crippen LogP contribution in [0, 0.1) is 11.3 Å². The molecule has 13 heavy (non-hydrogen) atoms. The van der Waals surface area contributed by atoms with Crippen LogP contribution < -0.4 is 0 Å². The smallest absolute Gasteiger partial charge is 0.150 e. The van der Waals surface area contributed by atoms with Crippen molar-refractivity contribution in [1.82, 2.24) is 15.0 Å². The van der Waals surface area contributed by atoms with Crippen LogP contribution in [0.1, 0.15) is 38.3 Å². The van der Waals surface area contributed by atoms with Crippen LogP contribution in [0.15, 0.2) is 6.20 Å². The third-order valence-electron chi connectivity index (χ3n) is 2.47. The highest BCUT2D eigenvalue weighted by Gasteiger charge is 2.46. The summed E-state index contributed by atoms with van der Waals surface area (Å²) < 4.78 is 1.71. The molecule has 0 aromatic carbocycles. The predicted octanol–water partition coefficient (Wildman–Crippen LogP) is 1.41. The minimum absolute atomic E-state index is 0.361. The van der Waals surface area contributed by atoms with Crippen molar-refractivity contribution in [2.75, 3.05) is 0 Å².